The average Bonchev–Trinajstić information content (AvgIpc) is 3.29. The fraction of sp³-hybridized carbons (Fsp3) is 0.393. The maximum Gasteiger partial charge on any atom is 0.335 e. The maximum atomic E-state index is 13.4. The molecule has 0 fully saturated rings. The van der Waals surface area contributed by atoms with Crippen LogP contribution in [0.1, 0.15) is 43.1 Å². The third-order valence-corrected chi connectivity index (χ3v) is 8.13. The summed E-state index contributed by atoms with van der Waals surface area (Å²) in [5, 5.41) is 9.24. The number of benzene rings is 1. The van der Waals surface area contributed by atoms with Crippen molar-refractivity contribution in [1.29, 1.82) is 0 Å². The fourth-order valence-corrected chi connectivity index (χ4v) is 6.15. The Morgan fingerprint density at radius 2 is 1.71 bits per heavy atom. The van der Waals surface area contributed by atoms with Crippen molar-refractivity contribution in [1.82, 2.24) is 23.6 Å². The first-order valence-corrected chi connectivity index (χ1v) is 12.5. The minimum atomic E-state index is -0.950. The number of hydrogen-bond donors (Lipinski definition) is 1. The SMILES string of the molecule is Cn1c(=O)c2c(ncn2CC(=O)N2CC=C3C(C)(C)C(c4ccc(C(=O)O)cc4)=CC[C@]3(C)C2)n(C)c1=O. The summed E-state index contributed by atoms with van der Waals surface area (Å²) in [5.41, 5.74) is 2.60. The van der Waals surface area contributed by atoms with Crippen molar-refractivity contribution in [2.45, 2.75) is 33.7 Å². The van der Waals surface area contributed by atoms with E-state index < -0.39 is 17.2 Å². The second-order valence-corrected chi connectivity index (χ2v) is 11.0. The van der Waals surface area contributed by atoms with Gasteiger partial charge in [0, 0.05) is 38.0 Å². The second-order valence-electron chi connectivity index (χ2n) is 11.0. The van der Waals surface area contributed by atoms with E-state index >= 15 is 0 Å². The van der Waals surface area contributed by atoms with E-state index in [4.69, 9.17) is 0 Å². The summed E-state index contributed by atoms with van der Waals surface area (Å²) in [6.07, 6.45) is 6.51. The number of imidazole rings is 1. The number of nitrogens with zero attached hydrogens (tertiary/aromatic N) is 5. The fourth-order valence-electron chi connectivity index (χ4n) is 6.15. The summed E-state index contributed by atoms with van der Waals surface area (Å²) < 4.78 is 3.84. The van der Waals surface area contributed by atoms with Gasteiger partial charge >= 0.3 is 11.7 Å². The summed E-state index contributed by atoms with van der Waals surface area (Å²) in [6, 6.07) is 6.97. The van der Waals surface area contributed by atoms with Gasteiger partial charge in [0.1, 0.15) is 6.54 Å². The van der Waals surface area contributed by atoms with E-state index in [2.05, 4.69) is 37.9 Å². The number of carbonyl (C=O) groups excluding carboxylic acids is 1. The van der Waals surface area contributed by atoms with Crippen molar-refractivity contribution < 1.29 is 14.7 Å². The Bertz CT molecular complexity index is 1670. The van der Waals surface area contributed by atoms with Crippen LogP contribution in [0.25, 0.3) is 16.7 Å². The molecule has 38 heavy (non-hydrogen) atoms. The molecule has 0 saturated carbocycles. The van der Waals surface area contributed by atoms with Gasteiger partial charge in [-0.25, -0.2) is 14.6 Å². The lowest BCUT2D eigenvalue weighted by Gasteiger charge is -2.50. The summed E-state index contributed by atoms with van der Waals surface area (Å²) in [6.45, 7) is 7.43. The Hall–Kier alpha value is -4.21. The van der Waals surface area contributed by atoms with Gasteiger partial charge in [0.2, 0.25) is 5.91 Å². The number of allylic oxidation sites excluding steroid dienone is 2. The van der Waals surface area contributed by atoms with E-state index in [0.29, 0.717) is 13.1 Å². The van der Waals surface area contributed by atoms with Gasteiger partial charge in [-0.3, -0.25) is 18.7 Å². The molecule has 3 heterocycles. The van der Waals surface area contributed by atoms with E-state index in [0.717, 1.165) is 22.1 Å². The number of amides is 1. The first-order valence-electron chi connectivity index (χ1n) is 12.5. The molecular formula is C28H31N5O5. The highest BCUT2D eigenvalue weighted by Gasteiger charge is 2.46. The molecule has 1 amide bonds. The first-order chi connectivity index (χ1) is 17.8. The standard InChI is InChI=1S/C28H31N5O5/c1-27(2)19(17-6-8-18(9-7-17)25(36)37)10-12-28(3)15-32(13-11-20(27)28)21(34)14-33-16-29-23-22(33)24(35)31(5)26(38)30(23)4/h6-11,16H,12-15H2,1-5H3,(H,36,37)/t28-/m1/s1. The topological polar surface area (TPSA) is 119 Å². The quantitative estimate of drug-likeness (QED) is 0.531. The number of carboxylic acid groups (broad SMARTS) is 1. The predicted molar refractivity (Wildman–Crippen MR) is 143 cm³/mol. The van der Waals surface area contributed by atoms with Crippen LogP contribution in [0.4, 0.5) is 0 Å². The molecule has 1 atom stereocenters. The molecule has 0 unspecified atom stereocenters. The van der Waals surface area contributed by atoms with Crippen LogP contribution in [-0.4, -0.2) is 53.7 Å². The summed E-state index contributed by atoms with van der Waals surface area (Å²) in [5.74, 6) is -1.08. The molecule has 1 N–H and O–H groups in total. The van der Waals surface area contributed by atoms with Crippen LogP contribution in [0.3, 0.4) is 0 Å². The Morgan fingerprint density at radius 3 is 2.37 bits per heavy atom. The molecule has 2 aromatic heterocycles. The van der Waals surface area contributed by atoms with Crippen molar-refractivity contribution in [2.24, 2.45) is 24.9 Å². The lowest BCUT2D eigenvalue weighted by molar-refractivity contribution is -0.133. The number of hydrogen-bond acceptors (Lipinski definition) is 5. The molecule has 2 aliphatic rings. The number of carboxylic acids is 1. The minimum Gasteiger partial charge on any atom is -0.478 e. The average molecular weight is 518 g/mol. The largest absolute Gasteiger partial charge is 0.478 e. The third-order valence-electron chi connectivity index (χ3n) is 8.13. The van der Waals surface area contributed by atoms with E-state index in [1.807, 2.05) is 12.1 Å². The predicted octanol–water partition coefficient (Wildman–Crippen LogP) is 2.42. The van der Waals surface area contributed by atoms with Crippen molar-refractivity contribution >= 4 is 28.6 Å². The van der Waals surface area contributed by atoms with E-state index in [-0.39, 0.29) is 40.0 Å². The molecule has 1 aromatic carbocycles. The normalized spacial score (nSPS) is 20.6. The first kappa shape index (κ1) is 25.4. The summed E-state index contributed by atoms with van der Waals surface area (Å²) in [7, 11) is 2.96. The molecule has 5 rings (SSSR count). The van der Waals surface area contributed by atoms with Gasteiger partial charge < -0.3 is 14.6 Å². The zero-order chi connectivity index (χ0) is 27.6. The van der Waals surface area contributed by atoms with Gasteiger partial charge in [-0.1, -0.05) is 50.6 Å². The minimum absolute atomic E-state index is 0.0520. The zero-order valence-corrected chi connectivity index (χ0v) is 22.2. The van der Waals surface area contributed by atoms with Crippen LogP contribution >= 0.6 is 0 Å². The van der Waals surface area contributed by atoms with Gasteiger partial charge in [-0.05, 0) is 29.7 Å². The lowest BCUT2D eigenvalue weighted by Crippen LogP contribution is -2.49. The summed E-state index contributed by atoms with van der Waals surface area (Å²) >= 11 is 0. The summed E-state index contributed by atoms with van der Waals surface area (Å²) in [4.78, 5) is 55.7. The van der Waals surface area contributed by atoms with Crippen LogP contribution < -0.4 is 11.2 Å². The van der Waals surface area contributed by atoms with Gasteiger partial charge in [0.15, 0.2) is 11.2 Å². The molecule has 0 spiro atoms. The second kappa shape index (κ2) is 8.68. The van der Waals surface area contributed by atoms with E-state index in [1.54, 1.807) is 24.1 Å². The molecule has 3 aromatic rings. The highest BCUT2D eigenvalue weighted by atomic mass is 16.4. The number of rotatable bonds is 4. The van der Waals surface area contributed by atoms with Gasteiger partial charge in [-0.15, -0.1) is 0 Å². The lowest BCUT2D eigenvalue weighted by atomic mass is 9.58. The van der Waals surface area contributed by atoms with Crippen molar-refractivity contribution in [3.8, 4) is 0 Å². The molecule has 1 aliphatic carbocycles. The van der Waals surface area contributed by atoms with E-state index in [9.17, 15) is 24.3 Å². The van der Waals surface area contributed by atoms with Crippen molar-refractivity contribution in [2.75, 3.05) is 13.1 Å². The number of aromatic carboxylic acids is 1. The van der Waals surface area contributed by atoms with Gasteiger partial charge in [0.25, 0.3) is 5.56 Å². The Morgan fingerprint density at radius 1 is 1.03 bits per heavy atom. The monoisotopic (exact) mass is 517 g/mol. The van der Waals surface area contributed by atoms with Crippen LogP contribution in [0.15, 0.2) is 57.9 Å². The van der Waals surface area contributed by atoms with Crippen molar-refractivity contribution in [3.63, 3.8) is 0 Å². The molecule has 198 valence electrons. The molecule has 10 heteroatoms. The zero-order valence-electron chi connectivity index (χ0n) is 22.2. The van der Waals surface area contributed by atoms with Gasteiger partial charge in [0.05, 0.1) is 11.9 Å². The Balaban J connectivity index is 1.41. The highest BCUT2D eigenvalue weighted by Crippen LogP contribution is 2.55. The Kier molecular flexibility index (Phi) is 5.81. The maximum absolute atomic E-state index is 13.4. The van der Waals surface area contributed by atoms with Crippen LogP contribution in [0.5, 0.6) is 0 Å². The van der Waals surface area contributed by atoms with Crippen LogP contribution in [-0.2, 0) is 25.4 Å². The van der Waals surface area contributed by atoms with Crippen LogP contribution in [0.2, 0.25) is 0 Å². The number of carbonyl (C=O) groups is 2. The number of aromatic nitrogens is 4. The highest BCUT2D eigenvalue weighted by molar-refractivity contribution is 5.88. The third kappa shape index (κ3) is 3.82. The number of aryl methyl sites for hydroxylation is 1. The molecule has 1 aliphatic heterocycles. The van der Waals surface area contributed by atoms with Gasteiger partial charge in [-0.2, -0.15) is 0 Å². The molecule has 0 radical (unpaired) electrons. The Labute approximate surface area is 219 Å². The smallest absolute Gasteiger partial charge is 0.335 e. The van der Waals surface area contributed by atoms with Crippen molar-refractivity contribution in [3.05, 3.63) is 80.3 Å². The molecular weight excluding hydrogens is 486 g/mol. The van der Waals surface area contributed by atoms with E-state index in [1.165, 1.54) is 28.1 Å². The molecule has 10 nitrogen and oxygen atoms in total. The molecule has 0 saturated heterocycles. The number of fused-ring (bicyclic) bond motifs is 2. The molecule has 0 bridgehead atoms. The van der Waals surface area contributed by atoms with Crippen LogP contribution in [0, 0.1) is 10.8 Å².